The van der Waals surface area contributed by atoms with E-state index in [-0.39, 0.29) is 10.4 Å². The highest BCUT2D eigenvalue weighted by Crippen LogP contribution is 2.43. The number of nitrogens with one attached hydrogen (secondary N) is 1. The number of hydrogen-bond acceptors (Lipinski definition) is 5. The number of amides is 3. The predicted molar refractivity (Wildman–Crippen MR) is 130 cm³/mol. The van der Waals surface area contributed by atoms with Crippen LogP contribution in [-0.2, 0) is 9.59 Å². The number of fused-ring (bicyclic) bond motifs is 1. The van der Waals surface area contributed by atoms with E-state index in [2.05, 4.69) is 50.2 Å². The molecule has 0 radical (unpaired) electrons. The van der Waals surface area contributed by atoms with Gasteiger partial charge in [0, 0.05) is 24.0 Å². The van der Waals surface area contributed by atoms with Crippen molar-refractivity contribution in [2.75, 3.05) is 23.8 Å². The molecule has 172 valence electrons. The van der Waals surface area contributed by atoms with E-state index in [0.717, 1.165) is 28.6 Å². The molecule has 2 aromatic carbocycles. The van der Waals surface area contributed by atoms with Crippen LogP contribution in [0.5, 0.6) is 0 Å². The van der Waals surface area contributed by atoms with Gasteiger partial charge in [-0.15, -0.1) is 0 Å². The van der Waals surface area contributed by atoms with Crippen molar-refractivity contribution in [1.29, 1.82) is 0 Å². The van der Waals surface area contributed by atoms with Gasteiger partial charge in [-0.25, -0.2) is 4.39 Å². The van der Waals surface area contributed by atoms with Crippen molar-refractivity contribution >= 4 is 46.3 Å². The highest BCUT2D eigenvalue weighted by Gasteiger charge is 2.37. The lowest BCUT2D eigenvalue weighted by Gasteiger charge is -2.45. The summed E-state index contributed by atoms with van der Waals surface area (Å²) >= 11 is 0.824. The second kappa shape index (κ2) is 8.67. The van der Waals surface area contributed by atoms with E-state index in [1.807, 2.05) is 6.07 Å². The van der Waals surface area contributed by atoms with Gasteiger partial charge in [0.1, 0.15) is 12.4 Å². The highest BCUT2D eigenvalue weighted by molar-refractivity contribution is 8.18. The van der Waals surface area contributed by atoms with Gasteiger partial charge in [0.15, 0.2) is 0 Å². The quantitative estimate of drug-likeness (QED) is 0.624. The summed E-state index contributed by atoms with van der Waals surface area (Å²) in [6, 6.07) is 11.3. The van der Waals surface area contributed by atoms with Crippen LogP contribution in [0.1, 0.15) is 44.2 Å². The van der Waals surface area contributed by atoms with E-state index in [1.165, 1.54) is 35.5 Å². The van der Waals surface area contributed by atoms with Crippen molar-refractivity contribution in [2.24, 2.45) is 0 Å². The molecule has 8 heteroatoms. The zero-order chi connectivity index (χ0) is 23.9. The Bertz CT molecular complexity index is 1160. The Morgan fingerprint density at radius 3 is 2.61 bits per heavy atom. The van der Waals surface area contributed by atoms with E-state index >= 15 is 0 Å². The Kier molecular flexibility index (Phi) is 6.05. The van der Waals surface area contributed by atoms with Crippen molar-refractivity contribution < 1.29 is 18.8 Å². The standard InChI is InChI=1S/C25H26FN3O3S/c1-15-13-25(2,3)28(4)20-10-5-16(11-19(15)20)12-21-23(31)29(24(32)33-21)14-22(30)27-18-8-6-17(26)7-9-18/h5-12,15H,13-14H2,1-4H3,(H,27,30)/b21-12-. The van der Waals surface area contributed by atoms with Crippen LogP contribution in [0.2, 0.25) is 0 Å². The fourth-order valence-electron chi connectivity index (χ4n) is 4.35. The summed E-state index contributed by atoms with van der Waals surface area (Å²) in [5.74, 6) is -1.08. The molecule has 0 aromatic heterocycles. The van der Waals surface area contributed by atoms with Crippen molar-refractivity contribution in [3.63, 3.8) is 0 Å². The summed E-state index contributed by atoms with van der Waals surface area (Å²) in [4.78, 5) is 41.0. The normalized spacial score (nSPS) is 20.9. The SMILES string of the molecule is CC1CC(C)(C)N(C)c2ccc(/C=C3\SC(=O)N(CC(=O)Nc4ccc(F)cc4)C3=O)cc21. The molecule has 1 fully saturated rings. The molecule has 0 aliphatic carbocycles. The van der Waals surface area contributed by atoms with Gasteiger partial charge in [-0.1, -0.05) is 13.0 Å². The molecule has 2 aliphatic rings. The predicted octanol–water partition coefficient (Wildman–Crippen LogP) is 5.22. The first-order chi connectivity index (χ1) is 15.5. The van der Waals surface area contributed by atoms with Crippen LogP contribution in [0.3, 0.4) is 0 Å². The molecule has 0 spiro atoms. The summed E-state index contributed by atoms with van der Waals surface area (Å²) < 4.78 is 13.0. The van der Waals surface area contributed by atoms with Gasteiger partial charge < -0.3 is 10.2 Å². The lowest BCUT2D eigenvalue weighted by molar-refractivity contribution is -0.127. The fraction of sp³-hybridized carbons (Fsp3) is 0.320. The van der Waals surface area contributed by atoms with Gasteiger partial charge >= 0.3 is 0 Å². The molecule has 0 bridgehead atoms. The molecule has 4 rings (SSSR count). The largest absolute Gasteiger partial charge is 0.369 e. The highest BCUT2D eigenvalue weighted by atomic mass is 32.2. The van der Waals surface area contributed by atoms with Gasteiger partial charge in [-0.2, -0.15) is 0 Å². The zero-order valence-electron chi connectivity index (χ0n) is 19.0. The number of thioether (sulfide) groups is 1. The average molecular weight is 468 g/mol. The van der Waals surface area contributed by atoms with Crippen LogP contribution in [0, 0.1) is 5.82 Å². The molecule has 2 aromatic rings. The molecule has 1 unspecified atom stereocenters. The first-order valence-corrected chi connectivity index (χ1v) is 11.6. The Labute approximate surface area is 196 Å². The minimum atomic E-state index is -0.529. The molecular weight excluding hydrogens is 441 g/mol. The summed E-state index contributed by atoms with van der Waals surface area (Å²) in [6.45, 7) is 6.25. The number of imide groups is 1. The Morgan fingerprint density at radius 2 is 1.91 bits per heavy atom. The number of carbonyl (C=O) groups is 3. The van der Waals surface area contributed by atoms with Gasteiger partial charge in [0.05, 0.1) is 4.91 Å². The van der Waals surface area contributed by atoms with Crippen LogP contribution in [0.25, 0.3) is 6.08 Å². The van der Waals surface area contributed by atoms with Crippen molar-refractivity contribution in [1.82, 2.24) is 4.90 Å². The molecule has 6 nitrogen and oxygen atoms in total. The summed E-state index contributed by atoms with van der Waals surface area (Å²) in [6.07, 6.45) is 2.72. The number of carbonyl (C=O) groups excluding carboxylic acids is 3. The van der Waals surface area contributed by atoms with Crippen LogP contribution in [0.15, 0.2) is 47.4 Å². The van der Waals surface area contributed by atoms with Crippen molar-refractivity contribution in [3.8, 4) is 0 Å². The monoisotopic (exact) mass is 467 g/mol. The molecule has 1 atom stereocenters. The van der Waals surface area contributed by atoms with E-state index in [0.29, 0.717) is 11.6 Å². The first kappa shape index (κ1) is 23.0. The number of halogens is 1. The van der Waals surface area contributed by atoms with Crippen molar-refractivity contribution in [3.05, 3.63) is 64.3 Å². The first-order valence-electron chi connectivity index (χ1n) is 10.7. The summed E-state index contributed by atoms with van der Waals surface area (Å²) in [5.41, 5.74) is 3.67. The molecular formula is C25H26FN3O3S. The molecule has 0 saturated carbocycles. The topological polar surface area (TPSA) is 69.7 Å². The van der Waals surface area contributed by atoms with Crippen LogP contribution < -0.4 is 10.2 Å². The minimum absolute atomic E-state index is 0.0606. The Morgan fingerprint density at radius 1 is 1.21 bits per heavy atom. The number of rotatable bonds is 4. The van der Waals surface area contributed by atoms with Crippen LogP contribution >= 0.6 is 11.8 Å². The van der Waals surface area contributed by atoms with Crippen LogP contribution in [0.4, 0.5) is 20.6 Å². The molecule has 1 saturated heterocycles. The maximum Gasteiger partial charge on any atom is 0.294 e. The van der Waals surface area contributed by atoms with E-state index in [1.54, 1.807) is 6.08 Å². The third-order valence-corrected chi connectivity index (χ3v) is 7.17. The van der Waals surface area contributed by atoms with Gasteiger partial charge in [0.25, 0.3) is 11.1 Å². The number of hydrogen-bond donors (Lipinski definition) is 1. The third-order valence-electron chi connectivity index (χ3n) is 6.26. The minimum Gasteiger partial charge on any atom is -0.369 e. The second-order valence-electron chi connectivity index (χ2n) is 9.12. The van der Waals surface area contributed by atoms with E-state index in [9.17, 15) is 18.8 Å². The summed E-state index contributed by atoms with van der Waals surface area (Å²) in [7, 11) is 2.09. The maximum absolute atomic E-state index is 13.0. The lowest BCUT2D eigenvalue weighted by Crippen LogP contribution is -2.45. The van der Waals surface area contributed by atoms with Gasteiger partial charge in [-0.3, -0.25) is 19.3 Å². The van der Waals surface area contributed by atoms with E-state index in [4.69, 9.17) is 0 Å². The molecule has 2 heterocycles. The second-order valence-corrected chi connectivity index (χ2v) is 10.1. The van der Waals surface area contributed by atoms with Crippen LogP contribution in [-0.4, -0.2) is 41.1 Å². The Hall–Kier alpha value is -3.13. The molecule has 33 heavy (non-hydrogen) atoms. The smallest absolute Gasteiger partial charge is 0.294 e. The lowest BCUT2D eigenvalue weighted by atomic mass is 9.80. The molecule has 3 amide bonds. The average Bonchev–Trinajstić information content (AvgIpc) is 3.01. The number of benzene rings is 2. The third kappa shape index (κ3) is 4.66. The number of nitrogens with zero attached hydrogens (tertiary/aromatic N) is 2. The van der Waals surface area contributed by atoms with E-state index < -0.39 is 29.4 Å². The number of anilines is 2. The van der Waals surface area contributed by atoms with Crippen molar-refractivity contribution in [2.45, 2.75) is 38.6 Å². The maximum atomic E-state index is 13.0. The van der Waals surface area contributed by atoms with Gasteiger partial charge in [0.2, 0.25) is 5.91 Å². The summed E-state index contributed by atoms with van der Waals surface area (Å²) in [5, 5.41) is 2.07. The fourth-order valence-corrected chi connectivity index (χ4v) is 5.19. The molecule has 1 N–H and O–H groups in total. The Balaban J connectivity index is 1.49. The van der Waals surface area contributed by atoms with Gasteiger partial charge in [-0.05, 0) is 91.5 Å². The zero-order valence-corrected chi connectivity index (χ0v) is 19.8. The molecule has 2 aliphatic heterocycles.